The minimum atomic E-state index is 0.115. The highest BCUT2D eigenvalue weighted by Gasteiger charge is 2.24. The largest absolute Gasteiger partial charge is 0.341 e. The van der Waals surface area contributed by atoms with Crippen molar-refractivity contribution < 1.29 is 4.79 Å². The summed E-state index contributed by atoms with van der Waals surface area (Å²) in [6.45, 7) is 3.98. The second kappa shape index (κ2) is 8.33. The van der Waals surface area contributed by atoms with E-state index < -0.39 is 0 Å². The fraction of sp³-hybridized carbons (Fsp3) is 0.273. The number of para-hydroxylation sites is 1. The number of aryl methyl sites for hydroxylation is 1. The molecule has 0 saturated carbocycles. The molecule has 2 heterocycles. The lowest BCUT2D eigenvalue weighted by molar-refractivity contribution is -0.128. The molecule has 1 amide bonds. The lowest BCUT2D eigenvalue weighted by Gasteiger charge is -2.25. The molecule has 0 unspecified atom stereocenters. The van der Waals surface area contributed by atoms with E-state index in [1.54, 1.807) is 0 Å². The van der Waals surface area contributed by atoms with E-state index in [1.165, 1.54) is 16.9 Å². The Kier molecular flexibility index (Phi) is 5.64. The molecule has 0 N–H and O–H groups in total. The minimum Gasteiger partial charge on any atom is -0.341 e. The van der Waals surface area contributed by atoms with Crippen molar-refractivity contribution in [3.63, 3.8) is 0 Å². The Bertz CT molecular complexity index is 964. The Labute approximate surface area is 174 Å². The summed E-state index contributed by atoms with van der Waals surface area (Å²) in [5.41, 5.74) is 4.00. The van der Waals surface area contributed by atoms with E-state index in [9.17, 15) is 4.79 Å². The first-order valence-corrected chi connectivity index (χ1v) is 10.7. The highest BCUT2D eigenvalue weighted by atomic mass is 35.5. The molecule has 1 aliphatic rings. The van der Waals surface area contributed by atoms with Crippen molar-refractivity contribution in [3.8, 4) is 11.3 Å². The third-order valence-electron chi connectivity index (χ3n) is 4.97. The number of nitrogens with zero attached hydrogens (tertiary/aromatic N) is 3. The number of hydrogen-bond acceptors (Lipinski definition) is 4. The molecule has 6 heteroatoms. The number of hydrogen-bond donors (Lipinski definition) is 0. The predicted octanol–water partition coefficient (Wildman–Crippen LogP) is 5.53. The SMILES string of the molecule is Cc1ccc(-c2csc(N(CC(=O)N3CCCC3)c3ccccc3Cl)n2)cc1. The number of thiazole rings is 1. The van der Waals surface area contributed by atoms with Gasteiger partial charge in [-0.25, -0.2) is 4.98 Å². The van der Waals surface area contributed by atoms with E-state index in [1.807, 2.05) is 39.4 Å². The van der Waals surface area contributed by atoms with Crippen LogP contribution in [0.5, 0.6) is 0 Å². The Hall–Kier alpha value is -2.37. The average molecular weight is 412 g/mol. The van der Waals surface area contributed by atoms with Crippen LogP contribution in [0.3, 0.4) is 0 Å². The lowest BCUT2D eigenvalue weighted by atomic mass is 10.1. The van der Waals surface area contributed by atoms with Gasteiger partial charge in [-0.2, -0.15) is 0 Å². The molecule has 2 aromatic carbocycles. The molecule has 0 bridgehead atoms. The Morgan fingerprint density at radius 2 is 1.86 bits per heavy atom. The molecule has 3 aromatic rings. The molecule has 1 saturated heterocycles. The number of aromatic nitrogens is 1. The van der Waals surface area contributed by atoms with Gasteiger partial charge in [0.25, 0.3) is 0 Å². The van der Waals surface area contributed by atoms with E-state index in [4.69, 9.17) is 16.6 Å². The van der Waals surface area contributed by atoms with E-state index in [0.29, 0.717) is 5.02 Å². The zero-order valence-electron chi connectivity index (χ0n) is 15.8. The minimum absolute atomic E-state index is 0.115. The monoisotopic (exact) mass is 411 g/mol. The maximum atomic E-state index is 12.8. The van der Waals surface area contributed by atoms with Crippen LogP contribution in [-0.4, -0.2) is 35.4 Å². The summed E-state index contributed by atoms with van der Waals surface area (Å²) in [5, 5.41) is 3.42. The second-order valence-corrected chi connectivity index (χ2v) is 8.25. The molecule has 28 heavy (non-hydrogen) atoms. The molecule has 1 aromatic heterocycles. The van der Waals surface area contributed by atoms with Crippen LogP contribution >= 0.6 is 22.9 Å². The highest BCUT2D eigenvalue weighted by Crippen LogP contribution is 2.35. The quantitative estimate of drug-likeness (QED) is 0.553. The number of rotatable bonds is 5. The van der Waals surface area contributed by atoms with Crippen LogP contribution in [0.15, 0.2) is 53.9 Å². The van der Waals surface area contributed by atoms with Gasteiger partial charge in [-0.1, -0.05) is 53.6 Å². The molecule has 4 nitrogen and oxygen atoms in total. The maximum Gasteiger partial charge on any atom is 0.242 e. The summed E-state index contributed by atoms with van der Waals surface area (Å²) in [7, 11) is 0. The van der Waals surface area contributed by atoms with Crippen LogP contribution in [0, 0.1) is 6.92 Å². The number of halogens is 1. The fourth-order valence-electron chi connectivity index (χ4n) is 3.37. The standard InChI is InChI=1S/C22H22ClN3OS/c1-16-8-10-17(11-9-16)19-15-28-22(24-19)26(20-7-3-2-6-18(20)23)14-21(27)25-12-4-5-13-25/h2-3,6-11,15H,4-5,12-14H2,1H3. The zero-order valence-corrected chi connectivity index (χ0v) is 17.3. The summed E-state index contributed by atoms with van der Waals surface area (Å²) in [4.78, 5) is 21.5. The number of benzene rings is 2. The van der Waals surface area contributed by atoms with Crippen molar-refractivity contribution in [2.24, 2.45) is 0 Å². The summed E-state index contributed by atoms with van der Waals surface area (Å²) in [6.07, 6.45) is 2.15. The third kappa shape index (κ3) is 4.05. The second-order valence-electron chi connectivity index (χ2n) is 7.01. The van der Waals surface area contributed by atoms with Gasteiger partial charge >= 0.3 is 0 Å². The van der Waals surface area contributed by atoms with Crippen molar-refractivity contribution in [2.75, 3.05) is 24.5 Å². The Balaban J connectivity index is 1.66. The van der Waals surface area contributed by atoms with Gasteiger partial charge in [0, 0.05) is 24.0 Å². The molecule has 0 atom stereocenters. The maximum absolute atomic E-state index is 12.8. The van der Waals surface area contributed by atoms with Crippen molar-refractivity contribution >= 4 is 39.7 Å². The summed E-state index contributed by atoms with van der Waals surface area (Å²) >= 11 is 7.99. The molecule has 144 valence electrons. The molecule has 0 spiro atoms. The normalized spacial score (nSPS) is 13.7. The molecule has 1 fully saturated rings. The molecular weight excluding hydrogens is 390 g/mol. The van der Waals surface area contributed by atoms with Gasteiger partial charge in [-0.05, 0) is 31.9 Å². The topological polar surface area (TPSA) is 36.4 Å². The van der Waals surface area contributed by atoms with Crippen LogP contribution in [0.2, 0.25) is 5.02 Å². The smallest absolute Gasteiger partial charge is 0.242 e. The average Bonchev–Trinajstić information content (AvgIpc) is 3.40. The summed E-state index contributed by atoms with van der Waals surface area (Å²) < 4.78 is 0. The van der Waals surface area contributed by atoms with Crippen LogP contribution in [-0.2, 0) is 4.79 Å². The molecule has 4 rings (SSSR count). The van der Waals surface area contributed by atoms with Crippen LogP contribution in [0.25, 0.3) is 11.3 Å². The lowest BCUT2D eigenvalue weighted by Crippen LogP contribution is -2.37. The molecule has 0 radical (unpaired) electrons. The van der Waals surface area contributed by atoms with Gasteiger partial charge in [0.2, 0.25) is 5.91 Å². The van der Waals surface area contributed by atoms with Crippen molar-refractivity contribution in [1.82, 2.24) is 9.88 Å². The predicted molar refractivity (Wildman–Crippen MR) is 117 cm³/mol. The highest BCUT2D eigenvalue weighted by molar-refractivity contribution is 7.14. The van der Waals surface area contributed by atoms with E-state index >= 15 is 0 Å². The van der Waals surface area contributed by atoms with E-state index in [0.717, 1.165) is 48.0 Å². The number of amides is 1. The first kappa shape index (κ1) is 19.0. The molecular formula is C22H22ClN3OS. The fourth-order valence-corrected chi connectivity index (χ4v) is 4.46. The van der Waals surface area contributed by atoms with E-state index in [-0.39, 0.29) is 12.5 Å². The van der Waals surface area contributed by atoms with Crippen LogP contribution < -0.4 is 4.90 Å². The van der Waals surface area contributed by atoms with Gasteiger partial charge in [-0.15, -0.1) is 11.3 Å². The first-order chi connectivity index (χ1) is 13.6. The van der Waals surface area contributed by atoms with Gasteiger partial charge in [0.1, 0.15) is 6.54 Å². The Morgan fingerprint density at radius 3 is 2.57 bits per heavy atom. The Morgan fingerprint density at radius 1 is 1.14 bits per heavy atom. The van der Waals surface area contributed by atoms with Crippen LogP contribution in [0.1, 0.15) is 18.4 Å². The van der Waals surface area contributed by atoms with Gasteiger partial charge in [-0.3, -0.25) is 4.79 Å². The number of carbonyl (C=O) groups excluding carboxylic acids is 1. The van der Waals surface area contributed by atoms with Gasteiger partial charge < -0.3 is 9.80 Å². The van der Waals surface area contributed by atoms with Crippen molar-refractivity contribution in [1.29, 1.82) is 0 Å². The number of carbonyl (C=O) groups is 1. The molecule has 0 aliphatic carbocycles. The van der Waals surface area contributed by atoms with E-state index in [2.05, 4.69) is 31.2 Å². The van der Waals surface area contributed by atoms with Crippen LogP contribution in [0.4, 0.5) is 10.8 Å². The van der Waals surface area contributed by atoms with Gasteiger partial charge in [0.05, 0.1) is 16.4 Å². The van der Waals surface area contributed by atoms with Crippen molar-refractivity contribution in [3.05, 3.63) is 64.5 Å². The van der Waals surface area contributed by atoms with Crippen molar-refractivity contribution in [2.45, 2.75) is 19.8 Å². The summed E-state index contributed by atoms with van der Waals surface area (Å²) in [6, 6.07) is 15.9. The van der Waals surface area contributed by atoms with Gasteiger partial charge in [0.15, 0.2) is 5.13 Å². The first-order valence-electron chi connectivity index (χ1n) is 9.44. The zero-order chi connectivity index (χ0) is 19.5. The number of likely N-dealkylation sites (tertiary alicyclic amines) is 1. The molecule has 1 aliphatic heterocycles. The third-order valence-corrected chi connectivity index (χ3v) is 6.15. The number of anilines is 2. The summed E-state index contributed by atoms with van der Waals surface area (Å²) in [5.74, 6) is 0.115.